The van der Waals surface area contributed by atoms with Crippen LogP contribution >= 0.6 is 11.6 Å². The van der Waals surface area contributed by atoms with Gasteiger partial charge in [0.2, 0.25) is 0 Å². The zero-order chi connectivity index (χ0) is 21.8. The average molecular weight is 453 g/mol. The van der Waals surface area contributed by atoms with Gasteiger partial charge >= 0.3 is 0 Å². The first-order valence-corrected chi connectivity index (χ1v) is 11.2. The Hall–Kier alpha value is -3.43. The van der Waals surface area contributed by atoms with Crippen molar-refractivity contribution in [3.63, 3.8) is 0 Å². The van der Waals surface area contributed by atoms with Gasteiger partial charge in [0.1, 0.15) is 10.7 Å². The van der Waals surface area contributed by atoms with Gasteiger partial charge < -0.3 is 4.98 Å². The average Bonchev–Trinajstić information content (AvgIpc) is 3.28. The number of pyridine rings is 1. The van der Waals surface area contributed by atoms with Crippen LogP contribution in [0.25, 0.3) is 33.5 Å². The van der Waals surface area contributed by atoms with Gasteiger partial charge in [0.15, 0.2) is 5.65 Å². The SMILES string of the molecule is Cc1nn(C)c2ncc(S(=O)(=O)Nc3ccc4nc(-c5ccccc5Cl)[nH]c4c3)cc12. The highest BCUT2D eigenvalue weighted by Gasteiger charge is 2.18. The van der Waals surface area contributed by atoms with Crippen molar-refractivity contribution in [2.75, 3.05) is 4.72 Å². The van der Waals surface area contributed by atoms with Crippen molar-refractivity contribution in [2.45, 2.75) is 11.8 Å². The Morgan fingerprint density at radius 1 is 1.13 bits per heavy atom. The van der Waals surface area contributed by atoms with E-state index in [-0.39, 0.29) is 4.90 Å². The van der Waals surface area contributed by atoms with Gasteiger partial charge in [0.05, 0.1) is 27.4 Å². The highest BCUT2D eigenvalue weighted by molar-refractivity contribution is 7.92. The number of sulfonamides is 1. The standard InChI is InChI=1S/C21H17ClN6O2S/c1-12-16-10-14(11-23-21(16)28(2)26-12)31(29,30)27-13-7-8-18-19(9-13)25-20(24-18)15-5-3-4-6-17(15)22/h3-11,27H,1-2H3,(H,24,25). The van der Waals surface area contributed by atoms with E-state index in [9.17, 15) is 8.42 Å². The summed E-state index contributed by atoms with van der Waals surface area (Å²) in [5, 5.41) is 5.56. The van der Waals surface area contributed by atoms with E-state index in [1.807, 2.05) is 25.1 Å². The quantitative estimate of drug-likeness (QED) is 0.423. The number of aryl methyl sites for hydroxylation is 2. The molecular formula is C21H17ClN6O2S. The number of rotatable bonds is 4. The number of aromatic nitrogens is 5. The highest BCUT2D eigenvalue weighted by atomic mass is 35.5. The van der Waals surface area contributed by atoms with Crippen molar-refractivity contribution in [3.05, 3.63) is 65.4 Å². The second-order valence-electron chi connectivity index (χ2n) is 7.15. The zero-order valence-electron chi connectivity index (χ0n) is 16.6. The van der Waals surface area contributed by atoms with Gasteiger partial charge in [-0.2, -0.15) is 5.10 Å². The third-order valence-corrected chi connectivity index (χ3v) is 6.69. The number of hydrogen-bond acceptors (Lipinski definition) is 5. The van der Waals surface area contributed by atoms with Crippen LogP contribution in [0.1, 0.15) is 5.69 Å². The van der Waals surface area contributed by atoms with Crippen LogP contribution in [0.2, 0.25) is 5.02 Å². The summed E-state index contributed by atoms with van der Waals surface area (Å²) in [4.78, 5) is 12.1. The van der Waals surface area contributed by atoms with Crippen LogP contribution in [0, 0.1) is 6.92 Å². The molecule has 31 heavy (non-hydrogen) atoms. The molecule has 3 heterocycles. The summed E-state index contributed by atoms with van der Waals surface area (Å²) < 4.78 is 30.1. The van der Waals surface area contributed by atoms with Gasteiger partial charge in [-0.25, -0.2) is 18.4 Å². The molecule has 0 saturated heterocycles. The van der Waals surface area contributed by atoms with E-state index >= 15 is 0 Å². The molecule has 0 aliphatic carbocycles. The molecule has 0 amide bonds. The smallest absolute Gasteiger partial charge is 0.263 e. The fraction of sp³-hybridized carbons (Fsp3) is 0.0952. The minimum absolute atomic E-state index is 0.0672. The van der Waals surface area contributed by atoms with Crippen molar-refractivity contribution >= 4 is 49.4 Å². The van der Waals surface area contributed by atoms with Crippen LogP contribution in [-0.2, 0) is 17.1 Å². The number of nitrogens with one attached hydrogen (secondary N) is 2. The van der Waals surface area contributed by atoms with E-state index in [0.29, 0.717) is 44.3 Å². The Kier molecular flexibility index (Phi) is 4.45. The Morgan fingerprint density at radius 2 is 1.94 bits per heavy atom. The Labute approximate surface area is 183 Å². The Bertz CT molecular complexity index is 1570. The van der Waals surface area contributed by atoms with Crippen LogP contribution < -0.4 is 4.72 Å². The monoisotopic (exact) mass is 452 g/mol. The van der Waals surface area contributed by atoms with Crippen LogP contribution in [-0.4, -0.2) is 33.2 Å². The molecule has 0 spiro atoms. The van der Waals surface area contributed by atoms with Crippen molar-refractivity contribution in [2.24, 2.45) is 7.05 Å². The number of H-pyrrole nitrogens is 1. The minimum Gasteiger partial charge on any atom is -0.338 e. The highest BCUT2D eigenvalue weighted by Crippen LogP contribution is 2.29. The number of hydrogen-bond donors (Lipinski definition) is 2. The number of imidazole rings is 1. The Balaban J connectivity index is 1.49. The maximum Gasteiger partial charge on any atom is 0.263 e. The molecule has 2 N–H and O–H groups in total. The minimum atomic E-state index is -3.84. The van der Waals surface area contributed by atoms with Crippen molar-refractivity contribution in [1.29, 1.82) is 0 Å². The van der Waals surface area contributed by atoms with Gasteiger partial charge in [-0.15, -0.1) is 0 Å². The van der Waals surface area contributed by atoms with E-state index in [2.05, 4.69) is 24.8 Å². The molecule has 0 fully saturated rings. The molecule has 8 nitrogen and oxygen atoms in total. The first-order valence-electron chi connectivity index (χ1n) is 9.39. The van der Waals surface area contributed by atoms with E-state index in [4.69, 9.17) is 11.6 Å². The number of fused-ring (bicyclic) bond motifs is 2. The third kappa shape index (κ3) is 3.41. The number of anilines is 1. The lowest BCUT2D eigenvalue weighted by molar-refractivity contribution is 0.601. The van der Waals surface area contributed by atoms with Crippen molar-refractivity contribution in [3.8, 4) is 11.4 Å². The molecule has 0 unspecified atom stereocenters. The summed E-state index contributed by atoms with van der Waals surface area (Å²) in [7, 11) is -2.07. The van der Waals surface area contributed by atoms with Gasteiger partial charge in [-0.1, -0.05) is 23.7 Å². The Morgan fingerprint density at radius 3 is 2.74 bits per heavy atom. The number of halogens is 1. The second kappa shape index (κ2) is 7.07. The van der Waals surface area contributed by atoms with Crippen LogP contribution in [0.5, 0.6) is 0 Å². The van der Waals surface area contributed by atoms with E-state index in [1.54, 1.807) is 42.1 Å². The molecule has 0 aliphatic rings. The van der Waals surface area contributed by atoms with E-state index in [0.717, 1.165) is 5.56 Å². The van der Waals surface area contributed by atoms with Gasteiger partial charge in [-0.3, -0.25) is 9.40 Å². The molecule has 2 aromatic carbocycles. The third-order valence-electron chi connectivity index (χ3n) is 5.01. The maximum atomic E-state index is 12.9. The topological polar surface area (TPSA) is 106 Å². The molecule has 3 aromatic heterocycles. The molecule has 0 atom stereocenters. The van der Waals surface area contributed by atoms with Gasteiger partial charge in [-0.05, 0) is 43.3 Å². The van der Waals surface area contributed by atoms with Crippen molar-refractivity contribution in [1.82, 2.24) is 24.7 Å². The molecule has 5 aromatic rings. The first kappa shape index (κ1) is 19.5. The van der Waals surface area contributed by atoms with Crippen LogP contribution in [0.15, 0.2) is 59.6 Å². The largest absolute Gasteiger partial charge is 0.338 e. The molecule has 10 heteroatoms. The molecule has 156 valence electrons. The van der Waals surface area contributed by atoms with E-state index in [1.165, 1.54) is 6.20 Å². The molecule has 0 aliphatic heterocycles. The van der Waals surface area contributed by atoms with Gasteiger partial charge in [0.25, 0.3) is 10.0 Å². The molecule has 0 radical (unpaired) electrons. The summed E-state index contributed by atoms with van der Waals surface area (Å²) in [5.41, 5.74) is 3.91. The molecule has 0 bridgehead atoms. The number of aromatic amines is 1. The summed E-state index contributed by atoms with van der Waals surface area (Å²) >= 11 is 6.26. The lowest BCUT2D eigenvalue weighted by Crippen LogP contribution is -2.13. The first-order chi connectivity index (χ1) is 14.8. The number of nitrogens with zero attached hydrogens (tertiary/aromatic N) is 4. The molecule has 0 saturated carbocycles. The van der Waals surface area contributed by atoms with E-state index < -0.39 is 10.0 Å². The second-order valence-corrected chi connectivity index (χ2v) is 9.24. The fourth-order valence-electron chi connectivity index (χ4n) is 3.50. The predicted octanol–water partition coefficient (Wildman–Crippen LogP) is 4.27. The van der Waals surface area contributed by atoms with Crippen LogP contribution in [0.4, 0.5) is 5.69 Å². The fourth-order valence-corrected chi connectivity index (χ4v) is 4.75. The van der Waals surface area contributed by atoms with Crippen molar-refractivity contribution < 1.29 is 8.42 Å². The van der Waals surface area contributed by atoms with Crippen LogP contribution in [0.3, 0.4) is 0 Å². The molecule has 5 rings (SSSR count). The molecular weight excluding hydrogens is 436 g/mol. The lowest BCUT2D eigenvalue weighted by Gasteiger charge is -2.08. The predicted molar refractivity (Wildman–Crippen MR) is 121 cm³/mol. The number of benzene rings is 2. The summed E-state index contributed by atoms with van der Waals surface area (Å²) in [6.07, 6.45) is 1.33. The lowest BCUT2D eigenvalue weighted by atomic mass is 10.2. The summed E-state index contributed by atoms with van der Waals surface area (Å²) in [6, 6.07) is 14.1. The summed E-state index contributed by atoms with van der Waals surface area (Å²) in [5.74, 6) is 0.613. The normalized spacial score (nSPS) is 12.0. The zero-order valence-corrected chi connectivity index (χ0v) is 18.2. The summed E-state index contributed by atoms with van der Waals surface area (Å²) in [6.45, 7) is 1.82. The van der Waals surface area contributed by atoms with Gasteiger partial charge in [0, 0.05) is 24.2 Å². The maximum absolute atomic E-state index is 12.9.